The van der Waals surface area contributed by atoms with Crippen LogP contribution in [-0.2, 0) is 9.53 Å². The first-order valence-electron chi connectivity index (χ1n) is 7.92. The number of carboxylic acid groups (broad SMARTS) is 1. The fourth-order valence-electron chi connectivity index (χ4n) is 3.18. The number of carbonyl (C=O) groups excluding carboxylic acids is 1. The maximum Gasteiger partial charge on any atom is 0.317 e. The van der Waals surface area contributed by atoms with Crippen molar-refractivity contribution in [3.63, 3.8) is 0 Å². The number of rotatable bonds is 3. The number of carbonyl (C=O) groups is 2. The predicted molar refractivity (Wildman–Crippen MR) is 86.5 cm³/mol. The number of aliphatic carboxylic acids is 1. The lowest BCUT2D eigenvalue weighted by atomic mass is 9.90. The molecule has 1 aromatic rings. The van der Waals surface area contributed by atoms with Crippen LogP contribution in [-0.4, -0.2) is 47.7 Å². The average molecular weight is 338 g/mol. The molecule has 2 saturated heterocycles. The van der Waals surface area contributed by atoms with E-state index < -0.39 is 11.4 Å². The molecular formula is C16H22N2O4S. The van der Waals surface area contributed by atoms with Crippen LogP contribution in [0.2, 0.25) is 0 Å². The van der Waals surface area contributed by atoms with Gasteiger partial charge in [-0.05, 0) is 37.6 Å². The van der Waals surface area contributed by atoms with Crippen molar-refractivity contribution in [1.82, 2.24) is 10.2 Å². The van der Waals surface area contributed by atoms with E-state index in [2.05, 4.69) is 11.4 Å². The van der Waals surface area contributed by atoms with Crippen molar-refractivity contribution in [3.05, 3.63) is 22.4 Å². The number of likely N-dealkylation sites (tertiary alicyclic amines) is 1. The second kappa shape index (κ2) is 6.49. The molecule has 0 radical (unpaired) electrons. The van der Waals surface area contributed by atoms with Crippen LogP contribution >= 0.6 is 11.3 Å². The predicted octanol–water partition coefficient (Wildman–Crippen LogP) is 2.47. The van der Waals surface area contributed by atoms with E-state index in [1.54, 1.807) is 23.2 Å². The molecule has 2 fully saturated rings. The molecular weight excluding hydrogens is 316 g/mol. The normalized spacial score (nSPS) is 31.1. The summed E-state index contributed by atoms with van der Waals surface area (Å²) in [5.41, 5.74) is -0.827. The molecule has 0 bridgehead atoms. The van der Waals surface area contributed by atoms with Crippen molar-refractivity contribution in [2.24, 2.45) is 5.41 Å². The SMILES string of the molecule is CC1(C(=O)O)CCN(C(=O)NC2CCOC(c3cccs3)C2)C1. The fraction of sp³-hybridized carbons (Fsp3) is 0.625. The van der Waals surface area contributed by atoms with Gasteiger partial charge in [-0.1, -0.05) is 6.07 Å². The van der Waals surface area contributed by atoms with Gasteiger partial charge in [-0.15, -0.1) is 11.3 Å². The Labute approximate surface area is 139 Å². The Kier molecular flexibility index (Phi) is 4.59. The number of nitrogens with one attached hydrogen (secondary N) is 1. The molecule has 0 aromatic carbocycles. The third-order valence-corrected chi connectivity index (χ3v) is 5.71. The zero-order valence-electron chi connectivity index (χ0n) is 13.2. The number of hydrogen-bond acceptors (Lipinski definition) is 4. The molecule has 7 heteroatoms. The third-order valence-electron chi connectivity index (χ3n) is 4.75. The summed E-state index contributed by atoms with van der Waals surface area (Å²) < 4.78 is 5.79. The maximum absolute atomic E-state index is 12.4. The summed E-state index contributed by atoms with van der Waals surface area (Å²) in [6, 6.07) is 3.97. The summed E-state index contributed by atoms with van der Waals surface area (Å²) in [5.74, 6) is -0.836. The van der Waals surface area contributed by atoms with Crippen LogP contribution in [0.4, 0.5) is 4.79 Å². The summed E-state index contributed by atoms with van der Waals surface area (Å²) in [4.78, 5) is 26.5. The monoisotopic (exact) mass is 338 g/mol. The van der Waals surface area contributed by atoms with Gasteiger partial charge in [0.2, 0.25) is 0 Å². The number of carboxylic acids is 1. The van der Waals surface area contributed by atoms with E-state index in [1.165, 1.54) is 4.88 Å². The highest BCUT2D eigenvalue weighted by molar-refractivity contribution is 7.10. The summed E-state index contributed by atoms with van der Waals surface area (Å²) in [7, 11) is 0. The summed E-state index contributed by atoms with van der Waals surface area (Å²) in [6.45, 7) is 3.09. The number of amides is 2. The lowest BCUT2D eigenvalue weighted by Gasteiger charge is -2.31. The van der Waals surface area contributed by atoms with Gasteiger partial charge in [0.05, 0.1) is 11.5 Å². The van der Waals surface area contributed by atoms with Crippen LogP contribution in [0.25, 0.3) is 0 Å². The van der Waals surface area contributed by atoms with E-state index in [-0.39, 0.29) is 24.7 Å². The Morgan fingerprint density at radius 1 is 1.52 bits per heavy atom. The Morgan fingerprint density at radius 2 is 2.35 bits per heavy atom. The quantitative estimate of drug-likeness (QED) is 0.887. The largest absolute Gasteiger partial charge is 0.481 e. The molecule has 3 atom stereocenters. The fourth-order valence-corrected chi connectivity index (χ4v) is 3.96. The van der Waals surface area contributed by atoms with Gasteiger partial charge in [-0.25, -0.2) is 4.79 Å². The van der Waals surface area contributed by atoms with Crippen LogP contribution in [0.15, 0.2) is 17.5 Å². The zero-order valence-corrected chi connectivity index (χ0v) is 14.0. The summed E-state index contributed by atoms with van der Waals surface area (Å²) in [6.07, 6.45) is 2.09. The summed E-state index contributed by atoms with van der Waals surface area (Å²) >= 11 is 1.67. The molecule has 6 nitrogen and oxygen atoms in total. The molecule has 0 saturated carbocycles. The van der Waals surface area contributed by atoms with Gasteiger partial charge < -0.3 is 20.1 Å². The maximum atomic E-state index is 12.4. The van der Waals surface area contributed by atoms with Gasteiger partial charge in [0.25, 0.3) is 0 Å². The van der Waals surface area contributed by atoms with Gasteiger partial charge in [0.15, 0.2) is 0 Å². The average Bonchev–Trinajstić information content (AvgIpc) is 3.17. The molecule has 2 aliphatic rings. The Balaban J connectivity index is 1.55. The number of nitrogens with zero attached hydrogens (tertiary/aromatic N) is 1. The number of urea groups is 1. The minimum Gasteiger partial charge on any atom is -0.481 e. The number of thiophene rings is 1. The molecule has 126 valence electrons. The van der Waals surface area contributed by atoms with Gasteiger partial charge in [0, 0.05) is 30.6 Å². The lowest BCUT2D eigenvalue weighted by Crippen LogP contribution is -2.47. The topological polar surface area (TPSA) is 78.9 Å². The third kappa shape index (κ3) is 3.50. The molecule has 23 heavy (non-hydrogen) atoms. The second-order valence-electron chi connectivity index (χ2n) is 6.58. The van der Waals surface area contributed by atoms with Gasteiger partial charge >= 0.3 is 12.0 Å². The van der Waals surface area contributed by atoms with Crippen LogP contribution in [0, 0.1) is 5.41 Å². The smallest absolute Gasteiger partial charge is 0.317 e. The molecule has 0 aliphatic carbocycles. The van der Waals surface area contributed by atoms with Crippen molar-refractivity contribution in [2.75, 3.05) is 19.7 Å². The molecule has 2 N–H and O–H groups in total. The van der Waals surface area contributed by atoms with Gasteiger partial charge in [-0.2, -0.15) is 0 Å². The van der Waals surface area contributed by atoms with E-state index >= 15 is 0 Å². The minimum atomic E-state index is -0.836. The van der Waals surface area contributed by atoms with Crippen LogP contribution in [0.1, 0.15) is 37.2 Å². The molecule has 3 heterocycles. The van der Waals surface area contributed by atoms with Crippen molar-refractivity contribution in [3.8, 4) is 0 Å². The Hall–Kier alpha value is -1.60. The highest BCUT2D eigenvalue weighted by atomic mass is 32.1. The Bertz CT molecular complexity index is 577. The standard InChI is InChI=1S/C16H22N2O4S/c1-16(14(19)20)5-6-18(10-16)15(21)17-11-4-7-22-12(9-11)13-3-2-8-23-13/h2-3,8,11-12H,4-7,9-10H2,1H3,(H,17,21)(H,19,20). The first-order valence-corrected chi connectivity index (χ1v) is 8.80. The molecule has 2 amide bonds. The number of ether oxygens (including phenoxy) is 1. The first-order chi connectivity index (χ1) is 11.0. The second-order valence-corrected chi connectivity index (χ2v) is 7.56. The minimum absolute atomic E-state index is 0.0388. The zero-order chi connectivity index (χ0) is 16.4. The lowest BCUT2D eigenvalue weighted by molar-refractivity contribution is -0.146. The van der Waals surface area contributed by atoms with Gasteiger partial charge in [0.1, 0.15) is 0 Å². The van der Waals surface area contributed by atoms with Crippen molar-refractivity contribution in [2.45, 2.75) is 38.3 Å². The first kappa shape index (κ1) is 16.3. The highest BCUT2D eigenvalue weighted by Gasteiger charge is 2.42. The van der Waals surface area contributed by atoms with E-state index in [4.69, 9.17) is 4.74 Å². The molecule has 1 aromatic heterocycles. The van der Waals surface area contributed by atoms with Crippen molar-refractivity contribution in [1.29, 1.82) is 0 Å². The molecule has 2 aliphatic heterocycles. The molecule has 3 rings (SSSR count). The van der Waals surface area contributed by atoms with E-state index in [0.29, 0.717) is 19.6 Å². The number of hydrogen-bond donors (Lipinski definition) is 2. The molecule has 3 unspecified atom stereocenters. The Morgan fingerprint density at radius 3 is 3.00 bits per heavy atom. The van der Waals surface area contributed by atoms with Crippen LogP contribution in [0.3, 0.4) is 0 Å². The highest BCUT2D eigenvalue weighted by Crippen LogP contribution is 2.32. The van der Waals surface area contributed by atoms with Crippen molar-refractivity contribution >= 4 is 23.3 Å². The van der Waals surface area contributed by atoms with E-state index in [9.17, 15) is 14.7 Å². The van der Waals surface area contributed by atoms with E-state index in [1.807, 2.05) is 11.4 Å². The van der Waals surface area contributed by atoms with E-state index in [0.717, 1.165) is 12.8 Å². The molecule has 0 spiro atoms. The van der Waals surface area contributed by atoms with Crippen LogP contribution in [0.5, 0.6) is 0 Å². The van der Waals surface area contributed by atoms with Gasteiger partial charge in [-0.3, -0.25) is 4.79 Å². The van der Waals surface area contributed by atoms with Crippen LogP contribution < -0.4 is 5.32 Å². The van der Waals surface area contributed by atoms with Crippen molar-refractivity contribution < 1.29 is 19.4 Å². The summed E-state index contributed by atoms with van der Waals surface area (Å²) in [5, 5.41) is 14.3.